The molecule has 0 amide bonds. The van der Waals surface area contributed by atoms with Crippen molar-refractivity contribution < 1.29 is 4.74 Å². The third-order valence-corrected chi connectivity index (χ3v) is 2.83. The fraction of sp³-hybridized carbons (Fsp3) is 0.357. The first kappa shape index (κ1) is 11.7. The molecule has 0 unspecified atom stereocenters. The topological polar surface area (TPSA) is 34.2 Å². The van der Waals surface area contributed by atoms with Crippen LogP contribution in [0.4, 0.5) is 5.82 Å². The molecule has 0 saturated carbocycles. The number of aromatic nitrogens is 1. The van der Waals surface area contributed by atoms with Gasteiger partial charge >= 0.3 is 0 Å². The highest BCUT2D eigenvalue weighted by Crippen LogP contribution is 2.24. The molecular weight excluding hydrogens is 212 g/mol. The Bertz CT molecular complexity index is 523. The number of ether oxygens (including phenoxy) is 1. The van der Waals surface area contributed by atoms with E-state index in [0.717, 1.165) is 35.4 Å². The van der Waals surface area contributed by atoms with Crippen molar-refractivity contribution >= 4 is 16.7 Å². The van der Waals surface area contributed by atoms with Crippen LogP contribution in [-0.4, -0.2) is 18.6 Å². The average Bonchev–Trinajstić information content (AvgIpc) is 2.37. The molecule has 0 spiro atoms. The van der Waals surface area contributed by atoms with Crippen LogP contribution >= 0.6 is 0 Å². The van der Waals surface area contributed by atoms with Crippen molar-refractivity contribution in [1.82, 2.24) is 4.98 Å². The van der Waals surface area contributed by atoms with Gasteiger partial charge in [0.05, 0.1) is 12.6 Å². The lowest BCUT2D eigenvalue weighted by Crippen LogP contribution is -2.03. The van der Waals surface area contributed by atoms with Crippen LogP contribution in [0.5, 0.6) is 5.75 Å². The van der Waals surface area contributed by atoms with E-state index in [-0.39, 0.29) is 0 Å². The molecular formula is C14H18N2O. The van der Waals surface area contributed by atoms with Gasteiger partial charge in [-0.05, 0) is 43.2 Å². The molecule has 0 aliphatic rings. The Morgan fingerprint density at radius 3 is 2.71 bits per heavy atom. The summed E-state index contributed by atoms with van der Waals surface area (Å²) in [6.07, 6.45) is 0.975. The first-order valence-corrected chi connectivity index (χ1v) is 6.00. The zero-order valence-electron chi connectivity index (χ0n) is 10.6. The van der Waals surface area contributed by atoms with E-state index in [1.807, 2.05) is 18.2 Å². The first-order chi connectivity index (χ1) is 8.28. The summed E-state index contributed by atoms with van der Waals surface area (Å²) in [4.78, 5) is 4.64. The molecule has 2 aromatic rings. The van der Waals surface area contributed by atoms with E-state index < -0.39 is 0 Å². The molecule has 90 valence electrons. The minimum Gasteiger partial charge on any atom is -0.497 e. The zero-order valence-corrected chi connectivity index (χ0v) is 10.6. The summed E-state index contributed by atoms with van der Waals surface area (Å²) in [7, 11) is 1.68. The van der Waals surface area contributed by atoms with Crippen LogP contribution in [0.2, 0.25) is 0 Å². The van der Waals surface area contributed by atoms with Crippen LogP contribution in [0, 0.1) is 0 Å². The highest BCUT2D eigenvalue weighted by Gasteiger charge is 2.05. The third kappa shape index (κ3) is 2.33. The van der Waals surface area contributed by atoms with Crippen LogP contribution < -0.4 is 10.1 Å². The Hall–Kier alpha value is -1.77. The van der Waals surface area contributed by atoms with Gasteiger partial charge in [0, 0.05) is 11.9 Å². The summed E-state index contributed by atoms with van der Waals surface area (Å²) in [5.41, 5.74) is 2.24. The highest BCUT2D eigenvalue weighted by atomic mass is 16.5. The van der Waals surface area contributed by atoms with E-state index in [4.69, 9.17) is 4.74 Å². The van der Waals surface area contributed by atoms with Crippen molar-refractivity contribution in [2.75, 3.05) is 19.0 Å². The van der Waals surface area contributed by atoms with E-state index in [2.05, 4.69) is 30.2 Å². The Kier molecular flexibility index (Phi) is 3.47. The molecule has 3 nitrogen and oxygen atoms in total. The van der Waals surface area contributed by atoms with Crippen LogP contribution in [0.1, 0.15) is 19.4 Å². The van der Waals surface area contributed by atoms with Crippen LogP contribution in [0.15, 0.2) is 24.3 Å². The van der Waals surface area contributed by atoms with Crippen molar-refractivity contribution in [3.63, 3.8) is 0 Å². The molecule has 0 radical (unpaired) electrons. The van der Waals surface area contributed by atoms with Crippen molar-refractivity contribution in [2.24, 2.45) is 0 Å². The van der Waals surface area contributed by atoms with Gasteiger partial charge in [-0.1, -0.05) is 6.92 Å². The molecule has 17 heavy (non-hydrogen) atoms. The summed E-state index contributed by atoms with van der Waals surface area (Å²) >= 11 is 0. The largest absolute Gasteiger partial charge is 0.497 e. The molecule has 3 heteroatoms. The number of anilines is 1. The van der Waals surface area contributed by atoms with Gasteiger partial charge in [-0.15, -0.1) is 0 Å². The predicted molar refractivity (Wildman–Crippen MR) is 71.8 cm³/mol. The predicted octanol–water partition coefficient (Wildman–Crippen LogP) is 3.24. The lowest BCUT2D eigenvalue weighted by molar-refractivity contribution is 0.415. The van der Waals surface area contributed by atoms with Crippen molar-refractivity contribution in [3.05, 3.63) is 29.8 Å². The summed E-state index contributed by atoms with van der Waals surface area (Å²) < 4.78 is 5.23. The van der Waals surface area contributed by atoms with Crippen LogP contribution in [0.3, 0.4) is 0 Å². The number of benzene rings is 1. The van der Waals surface area contributed by atoms with Crippen LogP contribution in [-0.2, 0) is 6.42 Å². The van der Waals surface area contributed by atoms with E-state index >= 15 is 0 Å². The minimum absolute atomic E-state index is 0.873. The van der Waals surface area contributed by atoms with Gasteiger partial charge < -0.3 is 10.1 Å². The molecule has 0 bridgehead atoms. The number of pyridine rings is 1. The van der Waals surface area contributed by atoms with Gasteiger partial charge in [0.25, 0.3) is 0 Å². The van der Waals surface area contributed by atoms with Gasteiger partial charge in [-0.25, -0.2) is 4.98 Å². The van der Waals surface area contributed by atoms with E-state index in [1.54, 1.807) is 7.11 Å². The number of methoxy groups -OCH3 is 1. The van der Waals surface area contributed by atoms with Crippen molar-refractivity contribution in [3.8, 4) is 5.75 Å². The number of hydrogen-bond acceptors (Lipinski definition) is 3. The van der Waals surface area contributed by atoms with Gasteiger partial charge in [-0.3, -0.25) is 0 Å². The maximum absolute atomic E-state index is 5.23. The molecule has 0 aliphatic heterocycles. The second-order valence-electron chi connectivity index (χ2n) is 3.94. The summed E-state index contributed by atoms with van der Waals surface area (Å²) in [5, 5.41) is 4.43. The minimum atomic E-state index is 0.873. The average molecular weight is 230 g/mol. The van der Waals surface area contributed by atoms with Crippen LogP contribution in [0.25, 0.3) is 10.9 Å². The summed E-state index contributed by atoms with van der Waals surface area (Å²) in [6.45, 7) is 5.12. The summed E-state index contributed by atoms with van der Waals surface area (Å²) in [6, 6.07) is 8.14. The second-order valence-corrected chi connectivity index (χ2v) is 3.94. The maximum atomic E-state index is 5.23. The van der Waals surface area contributed by atoms with E-state index in [0.29, 0.717) is 0 Å². The SMILES string of the molecule is CCNc1nc2ccc(OC)cc2cc1CC. The smallest absolute Gasteiger partial charge is 0.129 e. The highest BCUT2D eigenvalue weighted by molar-refractivity contribution is 5.83. The Morgan fingerprint density at radius 1 is 1.24 bits per heavy atom. The monoisotopic (exact) mass is 230 g/mol. The van der Waals surface area contributed by atoms with Gasteiger partial charge in [0.1, 0.15) is 11.6 Å². The fourth-order valence-corrected chi connectivity index (χ4v) is 1.92. The lowest BCUT2D eigenvalue weighted by Gasteiger charge is -2.10. The van der Waals surface area contributed by atoms with E-state index in [1.165, 1.54) is 5.56 Å². The second kappa shape index (κ2) is 5.04. The maximum Gasteiger partial charge on any atom is 0.129 e. The van der Waals surface area contributed by atoms with Gasteiger partial charge in [0.15, 0.2) is 0 Å². The molecule has 2 rings (SSSR count). The first-order valence-electron chi connectivity index (χ1n) is 6.00. The molecule has 1 aromatic carbocycles. The molecule has 0 fully saturated rings. The molecule has 1 heterocycles. The lowest BCUT2D eigenvalue weighted by atomic mass is 10.1. The standard InChI is InChI=1S/C14H18N2O/c1-4-10-8-11-9-12(17-3)6-7-13(11)16-14(10)15-5-2/h6-9H,4-5H2,1-3H3,(H,15,16). The molecule has 0 atom stereocenters. The normalized spacial score (nSPS) is 10.5. The van der Waals surface area contributed by atoms with Gasteiger partial charge in [0.2, 0.25) is 0 Å². The Morgan fingerprint density at radius 2 is 2.06 bits per heavy atom. The Labute approximate surface area is 102 Å². The number of hydrogen-bond donors (Lipinski definition) is 1. The van der Waals surface area contributed by atoms with Crippen molar-refractivity contribution in [2.45, 2.75) is 20.3 Å². The molecule has 1 N–H and O–H groups in total. The Balaban J connectivity index is 2.56. The number of nitrogens with one attached hydrogen (secondary N) is 1. The summed E-state index contributed by atoms with van der Waals surface area (Å²) in [5.74, 6) is 1.87. The third-order valence-electron chi connectivity index (χ3n) is 2.83. The van der Waals surface area contributed by atoms with E-state index in [9.17, 15) is 0 Å². The number of fused-ring (bicyclic) bond motifs is 1. The molecule has 0 saturated heterocycles. The quantitative estimate of drug-likeness (QED) is 0.875. The van der Waals surface area contributed by atoms with Gasteiger partial charge in [-0.2, -0.15) is 0 Å². The number of nitrogens with zero attached hydrogens (tertiary/aromatic N) is 1. The van der Waals surface area contributed by atoms with Crippen molar-refractivity contribution in [1.29, 1.82) is 0 Å². The fourth-order valence-electron chi connectivity index (χ4n) is 1.92. The molecule has 1 aromatic heterocycles. The number of rotatable bonds is 4. The number of aryl methyl sites for hydroxylation is 1. The zero-order chi connectivity index (χ0) is 12.3. The molecule has 0 aliphatic carbocycles.